The van der Waals surface area contributed by atoms with Gasteiger partial charge in [0.1, 0.15) is 11.9 Å². The first-order valence-electron chi connectivity index (χ1n) is 7.66. The first-order chi connectivity index (χ1) is 12.0. The largest absolute Gasteiger partial charge is 0.480 e. The maximum Gasteiger partial charge on any atom is 0.326 e. The Bertz CT molecular complexity index is 767. The molecule has 2 rings (SSSR count). The van der Waals surface area contributed by atoms with Crippen LogP contribution in [0.2, 0.25) is 0 Å². The van der Waals surface area contributed by atoms with Crippen LogP contribution in [-0.2, 0) is 26.8 Å². The number of nitrogens with one attached hydrogen (secondary N) is 1. The van der Waals surface area contributed by atoms with Gasteiger partial charge in [0, 0.05) is 10.6 Å². The maximum absolute atomic E-state index is 13.1. The number of halogens is 1. The van der Waals surface area contributed by atoms with Gasteiger partial charge in [-0.25, -0.2) is 9.18 Å². The minimum atomic E-state index is -1.34. The van der Waals surface area contributed by atoms with Gasteiger partial charge in [0.25, 0.3) is 0 Å². The Morgan fingerprint density at radius 1 is 1.12 bits per heavy atom. The van der Waals surface area contributed by atoms with Crippen molar-refractivity contribution in [1.82, 2.24) is 5.32 Å². The number of benzene rings is 2. The van der Waals surface area contributed by atoms with E-state index in [0.29, 0.717) is 10.5 Å². The fraction of sp³-hybridized carbons (Fsp3) is 0.222. The summed E-state index contributed by atoms with van der Waals surface area (Å²) in [5.41, 5.74) is 0.453. The van der Waals surface area contributed by atoms with Gasteiger partial charge in [-0.3, -0.25) is 9.00 Å². The molecule has 0 saturated carbocycles. The zero-order valence-electron chi connectivity index (χ0n) is 13.4. The third-order valence-corrected chi connectivity index (χ3v) is 4.89. The molecule has 0 heterocycles. The van der Waals surface area contributed by atoms with E-state index in [-0.39, 0.29) is 18.6 Å². The molecular weight excluding hydrogens is 345 g/mol. The topological polar surface area (TPSA) is 83.5 Å². The summed E-state index contributed by atoms with van der Waals surface area (Å²) < 4.78 is 25.3. The van der Waals surface area contributed by atoms with Crippen LogP contribution in [-0.4, -0.2) is 33.0 Å². The van der Waals surface area contributed by atoms with Crippen LogP contribution in [0.15, 0.2) is 59.5 Å². The predicted molar refractivity (Wildman–Crippen MR) is 92.0 cm³/mol. The van der Waals surface area contributed by atoms with Gasteiger partial charge in [0.05, 0.1) is 17.2 Å². The van der Waals surface area contributed by atoms with Gasteiger partial charge in [-0.1, -0.05) is 30.3 Å². The van der Waals surface area contributed by atoms with Gasteiger partial charge in [-0.2, -0.15) is 0 Å². The minimum absolute atomic E-state index is 0.0335. The molecule has 7 heteroatoms. The smallest absolute Gasteiger partial charge is 0.326 e. The molecule has 0 fully saturated rings. The Labute approximate surface area is 147 Å². The third kappa shape index (κ3) is 6.11. The molecule has 2 aromatic rings. The van der Waals surface area contributed by atoms with Crippen LogP contribution in [0.5, 0.6) is 0 Å². The zero-order chi connectivity index (χ0) is 18.2. The van der Waals surface area contributed by atoms with Crippen molar-refractivity contribution < 1.29 is 23.3 Å². The van der Waals surface area contributed by atoms with Crippen molar-refractivity contribution in [2.75, 3.05) is 5.75 Å². The lowest BCUT2D eigenvalue weighted by Crippen LogP contribution is -2.42. The molecule has 1 amide bonds. The molecule has 0 aliphatic rings. The van der Waals surface area contributed by atoms with Gasteiger partial charge < -0.3 is 10.4 Å². The normalized spacial score (nSPS) is 13.0. The Kier molecular flexibility index (Phi) is 6.82. The number of carboxylic acid groups (broad SMARTS) is 1. The Hall–Kier alpha value is -2.54. The van der Waals surface area contributed by atoms with E-state index in [1.165, 1.54) is 18.2 Å². The highest BCUT2D eigenvalue weighted by atomic mass is 32.2. The van der Waals surface area contributed by atoms with Gasteiger partial charge in [-0.15, -0.1) is 0 Å². The molecule has 0 bridgehead atoms. The lowest BCUT2D eigenvalue weighted by atomic mass is 10.1. The van der Waals surface area contributed by atoms with E-state index in [4.69, 9.17) is 0 Å². The molecule has 0 spiro atoms. The van der Waals surface area contributed by atoms with E-state index in [1.54, 1.807) is 36.4 Å². The number of hydrogen-bond donors (Lipinski definition) is 2. The lowest BCUT2D eigenvalue weighted by molar-refractivity contribution is -0.141. The fourth-order valence-electron chi connectivity index (χ4n) is 2.25. The monoisotopic (exact) mass is 363 g/mol. The van der Waals surface area contributed by atoms with Crippen LogP contribution >= 0.6 is 0 Å². The number of hydrogen-bond acceptors (Lipinski definition) is 3. The number of aliphatic carboxylic acids is 1. The molecule has 0 aliphatic heterocycles. The van der Waals surface area contributed by atoms with Crippen LogP contribution in [0.4, 0.5) is 4.39 Å². The molecule has 0 radical (unpaired) electrons. The second-order valence-electron chi connectivity index (χ2n) is 5.42. The molecule has 0 unspecified atom stereocenters. The molecule has 2 N–H and O–H groups in total. The van der Waals surface area contributed by atoms with E-state index in [9.17, 15) is 23.3 Å². The van der Waals surface area contributed by atoms with Crippen molar-refractivity contribution >= 4 is 22.7 Å². The van der Waals surface area contributed by atoms with E-state index in [1.807, 2.05) is 0 Å². The van der Waals surface area contributed by atoms with E-state index in [0.717, 1.165) is 0 Å². The second-order valence-corrected chi connectivity index (χ2v) is 6.99. The summed E-state index contributed by atoms with van der Waals surface area (Å²) in [7, 11) is -1.34. The average Bonchev–Trinajstić information content (AvgIpc) is 2.58. The van der Waals surface area contributed by atoms with Gasteiger partial charge >= 0.3 is 5.97 Å². The summed E-state index contributed by atoms with van der Waals surface area (Å²) in [5, 5.41) is 11.6. The molecular formula is C18H18FNO4S. The summed E-state index contributed by atoms with van der Waals surface area (Å²) in [6, 6.07) is 13.1. The lowest BCUT2D eigenvalue weighted by Gasteiger charge is -2.14. The summed E-state index contributed by atoms with van der Waals surface area (Å²) in [6.45, 7) is 0. The molecule has 0 aliphatic carbocycles. The standard InChI is InChI=1S/C18H18FNO4S/c19-14-6-4-5-13(11-14)12-17(21)20-16(18(22)23)9-10-25(24)15-7-2-1-3-8-15/h1-8,11,16H,9-10,12H2,(H,20,21)(H,22,23)/t16-,25+/m0/s1. The highest BCUT2D eigenvalue weighted by Gasteiger charge is 2.21. The first-order valence-corrected chi connectivity index (χ1v) is 8.97. The van der Waals surface area contributed by atoms with Crippen LogP contribution in [0.1, 0.15) is 12.0 Å². The van der Waals surface area contributed by atoms with E-state index >= 15 is 0 Å². The summed E-state index contributed by atoms with van der Waals surface area (Å²) in [5.74, 6) is -2.07. The van der Waals surface area contributed by atoms with E-state index < -0.39 is 34.5 Å². The van der Waals surface area contributed by atoms with Gasteiger partial charge in [-0.05, 0) is 36.2 Å². The Morgan fingerprint density at radius 2 is 1.84 bits per heavy atom. The van der Waals surface area contributed by atoms with Crippen molar-refractivity contribution in [2.45, 2.75) is 23.8 Å². The van der Waals surface area contributed by atoms with Crippen molar-refractivity contribution in [3.05, 3.63) is 66.0 Å². The molecule has 0 saturated heterocycles. The SMILES string of the molecule is O=C(Cc1cccc(F)c1)N[C@@H](CC[S@@](=O)c1ccccc1)C(=O)O. The Balaban J connectivity index is 1.91. The average molecular weight is 363 g/mol. The maximum atomic E-state index is 13.1. The van der Waals surface area contributed by atoms with Crippen molar-refractivity contribution in [3.8, 4) is 0 Å². The van der Waals surface area contributed by atoms with Crippen molar-refractivity contribution in [3.63, 3.8) is 0 Å². The van der Waals surface area contributed by atoms with E-state index in [2.05, 4.69) is 5.32 Å². The molecule has 0 aromatic heterocycles. The molecule has 132 valence electrons. The summed E-state index contributed by atoms with van der Waals surface area (Å²) in [6.07, 6.45) is -0.0882. The highest BCUT2D eigenvalue weighted by Crippen LogP contribution is 2.09. The van der Waals surface area contributed by atoms with Crippen LogP contribution in [0.25, 0.3) is 0 Å². The van der Waals surface area contributed by atoms with Gasteiger partial charge in [0.2, 0.25) is 5.91 Å². The number of carboxylic acids is 1. The van der Waals surface area contributed by atoms with Crippen LogP contribution in [0, 0.1) is 5.82 Å². The fourth-order valence-corrected chi connectivity index (χ4v) is 3.40. The molecule has 5 nitrogen and oxygen atoms in total. The predicted octanol–water partition coefficient (Wildman–Crippen LogP) is 2.14. The van der Waals surface area contributed by atoms with Crippen molar-refractivity contribution in [2.24, 2.45) is 0 Å². The number of carbonyl (C=O) groups is 2. The van der Waals surface area contributed by atoms with Gasteiger partial charge in [0.15, 0.2) is 0 Å². The quantitative estimate of drug-likeness (QED) is 0.753. The molecule has 2 aromatic carbocycles. The second kappa shape index (κ2) is 9.08. The third-order valence-electron chi connectivity index (χ3n) is 3.49. The molecule has 2 atom stereocenters. The van der Waals surface area contributed by atoms with Crippen LogP contribution in [0.3, 0.4) is 0 Å². The van der Waals surface area contributed by atoms with Crippen LogP contribution < -0.4 is 5.32 Å². The first kappa shape index (κ1) is 18.8. The summed E-state index contributed by atoms with van der Waals surface area (Å²) >= 11 is 0. The number of carbonyl (C=O) groups excluding carboxylic acids is 1. The Morgan fingerprint density at radius 3 is 2.48 bits per heavy atom. The summed E-state index contributed by atoms with van der Waals surface area (Å²) in [4.78, 5) is 23.9. The molecule has 25 heavy (non-hydrogen) atoms. The minimum Gasteiger partial charge on any atom is -0.480 e. The highest BCUT2D eigenvalue weighted by molar-refractivity contribution is 7.85. The van der Waals surface area contributed by atoms with Crippen molar-refractivity contribution in [1.29, 1.82) is 0 Å². The number of rotatable bonds is 8. The zero-order valence-corrected chi connectivity index (χ0v) is 14.2. The number of amides is 1.